The summed E-state index contributed by atoms with van der Waals surface area (Å²) in [6, 6.07) is 16.3. The van der Waals surface area contributed by atoms with E-state index >= 15 is 0 Å². The number of carbonyl (C=O) groups excluding carboxylic acids is 2. The van der Waals surface area contributed by atoms with Gasteiger partial charge in [-0.1, -0.05) is 38.5 Å². The lowest BCUT2D eigenvalue weighted by molar-refractivity contribution is -0.119. The first-order valence-electron chi connectivity index (χ1n) is 10.1. The Balaban J connectivity index is 1.66. The second kappa shape index (κ2) is 9.40. The van der Waals surface area contributed by atoms with Crippen molar-refractivity contribution in [1.29, 1.82) is 0 Å². The highest BCUT2D eigenvalue weighted by Gasteiger charge is 2.26. The van der Waals surface area contributed by atoms with Crippen molar-refractivity contribution in [1.82, 2.24) is 5.32 Å². The zero-order valence-electron chi connectivity index (χ0n) is 16.7. The molecule has 2 aromatic rings. The highest BCUT2D eigenvalue weighted by Crippen LogP contribution is 2.22. The Morgan fingerprint density at radius 2 is 1.64 bits per heavy atom. The molecule has 0 radical (unpaired) electrons. The quantitative estimate of drug-likeness (QED) is 0.762. The van der Waals surface area contributed by atoms with E-state index < -0.39 is 6.04 Å². The van der Waals surface area contributed by atoms with Crippen LogP contribution in [-0.2, 0) is 4.79 Å². The molecule has 2 unspecified atom stereocenters. The molecule has 28 heavy (non-hydrogen) atoms. The summed E-state index contributed by atoms with van der Waals surface area (Å²) in [7, 11) is 0. The summed E-state index contributed by atoms with van der Waals surface area (Å²) in [6.07, 6.45) is 3.26. The second-order valence-electron chi connectivity index (χ2n) is 7.43. The van der Waals surface area contributed by atoms with Gasteiger partial charge in [-0.25, -0.2) is 0 Å². The van der Waals surface area contributed by atoms with Crippen molar-refractivity contribution in [2.75, 3.05) is 23.3 Å². The first-order valence-corrected chi connectivity index (χ1v) is 10.1. The Hall–Kier alpha value is -2.82. The third-order valence-electron chi connectivity index (χ3n) is 5.42. The van der Waals surface area contributed by atoms with Gasteiger partial charge >= 0.3 is 0 Å². The number of carbonyl (C=O) groups is 2. The van der Waals surface area contributed by atoms with Crippen LogP contribution in [0.3, 0.4) is 0 Å². The van der Waals surface area contributed by atoms with Crippen molar-refractivity contribution >= 4 is 23.2 Å². The lowest BCUT2D eigenvalue weighted by Gasteiger charge is -2.24. The van der Waals surface area contributed by atoms with E-state index in [4.69, 9.17) is 0 Å². The zero-order chi connectivity index (χ0) is 19.9. The van der Waals surface area contributed by atoms with E-state index in [1.807, 2.05) is 56.3 Å². The first-order chi connectivity index (χ1) is 13.6. The van der Waals surface area contributed by atoms with Crippen molar-refractivity contribution in [2.45, 2.75) is 39.2 Å². The van der Waals surface area contributed by atoms with E-state index in [0.29, 0.717) is 5.56 Å². The first kappa shape index (κ1) is 19.9. The average Bonchev–Trinajstić information content (AvgIpc) is 3.27. The molecule has 3 rings (SSSR count). The van der Waals surface area contributed by atoms with Crippen molar-refractivity contribution in [3.63, 3.8) is 0 Å². The van der Waals surface area contributed by atoms with E-state index in [1.54, 1.807) is 12.1 Å². The lowest BCUT2D eigenvalue weighted by atomic mass is 9.97. The number of hydrogen-bond donors (Lipinski definition) is 2. The fourth-order valence-electron chi connectivity index (χ4n) is 3.47. The molecule has 2 amide bonds. The summed E-state index contributed by atoms with van der Waals surface area (Å²) in [4.78, 5) is 27.8. The van der Waals surface area contributed by atoms with Crippen molar-refractivity contribution < 1.29 is 9.59 Å². The van der Waals surface area contributed by atoms with Gasteiger partial charge in [0.1, 0.15) is 6.04 Å². The Labute approximate surface area is 167 Å². The molecule has 0 spiro atoms. The fraction of sp³-hybridized carbons (Fsp3) is 0.391. The summed E-state index contributed by atoms with van der Waals surface area (Å²) >= 11 is 0. The van der Waals surface area contributed by atoms with Gasteiger partial charge in [-0.05, 0) is 55.2 Å². The molecule has 1 heterocycles. The minimum atomic E-state index is -0.587. The number of rotatable bonds is 7. The third-order valence-corrected chi connectivity index (χ3v) is 5.42. The van der Waals surface area contributed by atoms with Crippen LogP contribution >= 0.6 is 0 Å². The molecule has 0 aliphatic carbocycles. The van der Waals surface area contributed by atoms with Gasteiger partial charge in [0.25, 0.3) is 5.91 Å². The van der Waals surface area contributed by atoms with Crippen LogP contribution in [0.15, 0.2) is 54.6 Å². The molecule has 1 fully saturated rings. The maximum atomic E-state index is 12.9. The van der Waals surface area contributed by atoms with Crippen LogP contribution in [0.25, 0.3) is 0 Å². The van der Waals surface area contributed by atoms with Crippen molar-refractivity contribution in [2.24, 2.45) is 5.92 Å². The molecule has 2 N–H and O–H groups in total. The van der Waals surface area contributed by atoms with Gasteiger partial charge in [-0.2, -0.15) is 0 Å². The van der Waals surface area contributed by atoms with E-state index in [9.17, 15) is 9.59 Å². The lowest BCUT2D eigenvalue weighted by Crippen LogP contribution is -2.47. The summed E-state index contributed by atoms with van der Waals surface area (Å²) in [5.74, 6) is -0.394. The highest BCUT2D eigenvalue weighted by molar-refractivity contribution is 6.01. The molecule has 5 nitrogen and oxygen atoms in total. The van der Waals surface area contributed by atoms with Gasteiger partial charge in [0, 0.05) is 30.0 Å². The highest BCUT2D eigenvalue weighted by atomic mass is 16.2. The molecule has 5 heteroatoms. The van der Waals surface area contributed by atoms with Gasteiger partial charge in [0.05, 0.1) is 0 Å². The molecule has 1 aliphatic heterocycles. The number of benzene rings is 2. The Kier molecular flexibility index (Phi) is 6.69. The Morgan fingerprint density at radius 1 is 1.00 bits per heavy atom. The molecule has 2 aromatic carbocycles. The topological polar surface area (TPSA) is 61.4 Å². The monoisotopic (exact) mass is 379 g/mol. The van der Waals surface area contributed by atoms with Crippen molar-refractivity contribution in [3.8, 4) is 0 Å². The minimum absolute atomic E-state index is 0.0246. The maximum absolute atomic E-state index is 12.9. The molecule has 148 valence electrons. The van der Waals surface area contributed by atoms with Gasteiger partial charge in [0.2, 0.25) is 5.91 Å². The molecular weight excluding hydrogens is 350 g/mol. The number of nitrogens with one attached hydrogen (secondary N) is 2. The summed E-state index contributed by atoms with van der Waals surface area (Å²) in [5.41, 5.74) is 2.49. The van der Waals surface area contributed by atoms with Gasteiger partial charge < -0.3 is 15.5 Å². The van der Waals surface area contributed by atoms with Gasteiger partial charge in [0.15, 0.2) is 0 Å². The van der Waals surface area contributed by atoms with Gasteiger partial charge in [-0.3, -0.25) is 9.59 Å². The number of nitrogens with zero attached hydrogens (tertiary/aromatic N) is 1. The van der Waals surface area contributed by atoms with Crippen molar-refractivity contribution in [3.05, 3.63) is 60.2 Å². The normalized spacial score (nSPS) is 15.7. The van der Waals surface area contributed by atoms with Crippen LogP contribution < -0.4 is 15.5 Å². The molecular formula is C23H29N3O2. The molecule has 0 aromatic heterocycles. The zero-order valence-corrected chi connectivity index (χ0v) is 16.7. The number of hydrogen-bond acceptors (Lipinski definition) is 3. The Bertz CT molecular complexity index is 783. The Morgan fingerprint density at radius 3 is 2.25 bits per heavy atom. The SMILES string of the molecule is CCC(C)C(NC(=O)c1ccccc1)C(=O)Nc1ccc(N2CCCC2)cc1. The number of anilines is 2. The van der Waals surface area contributed by atoms with E-state index in [-0.39, 0.29) is 17.7 Å². The molecule has 1 aliphatic rings. The van der Waals surface area contributed by atoms with E-state index in [1.165, 1.54) is 18.5 Å². The summed E-state index contributed by atoms with van der Waals surface area (Å²) in [6.45, 7) is 6.18. The van der Waals surface area contributed by atoms with E-state index in [2.05, 4.69) is 15.5 Å². The summed E-state index contributed by atoms with van der Waals surface area (Å²) < 4.78 is 0. The maximum Gasteiger partial charge on any atom is 0.251 e. The van der Waals surface area contributed by atoms with Gasteiger partial charge in [-0.15, -0.1) is 0 Å². The minimum Gasteiger partial charge on any atom is -0.372 e. The standard InChI is InChI=1S/C23H29N3O2/c1-3-17(2)21(25-22(27)18-9-5-4-6-10-18)23(28)24-19-11-13-20(14-12-19)26-15-7-8-16-26/h4-6,9-14,17,21H,3,7-8,15-16H2,1-2H3,(H,24,28)(H,25,27). The molecule has 0 saturated carbocycles. The van der Waals surface area contributed by atoms with Crippen LogP contribution in [0.1, 0.15) is 43.5 Å². The smallest absolute Gasteiger partial charge is 0.251 e. The third kappa shape index (κ3) is 4.91. The molecule has 2 atom stereocenters. The van der Waals surface area contributed by atoms with Crippen LogP contribution in [0.4, 0.5) is 11.4 Å². The predicted octanol–water partition coefficient (Wildman–Crippen LogP) is 4.07. The van der Waals surface area contributed by atoms with Crippen LogP contribution in [0, 0.1) is 5.92 Å². The largest absolute Gasteiger partial charge is 0.372 e. The molecule has 0 bridgehead atoms. The van der Waals surface area contributed by atoms with E-state index in [0.717, 1.165) is 25.2 Å². The van der Waals surface area contributed by atoms with Crippen LogP contribution in [0.2, 0.25) is 0 Å². The predicted molar refractivity (Wildman–Crippen MR) is 114 cm³/mol. The number of amides is 2. The summed E-state index contributed by atoms with van der Waals surface area (Å²) in [5, 5.41) is 5.86. The second-order valence-corrected chi connectivity index (χ2v) is 7.43. The molecule has 1 saturated heterocycles. The fourth-order valence-corrected chi connectivity index (χ4v) is 3.47. The average molecular weight is 380 g/mol. The van der Waals surface area contributed by atoms with Crippen LogP contribution in [-0.4, -0.2) is 30.9 Å². The van der Waals surface area contributed by atoms with Crippen LogP contribution in [0.5, 0.6) is 0 Å².